The molecule has 0 aliphatic rings. The first kappa shape index (κ1) is 18.2. The van der Waals surface area contributed by atoms with Crippen LogP contribution in [0.15, 0.2) is 66.7 Å². The molecular formula is C23H24N4O. The number of nitrogens with one attached hydrogen (secondary N) is 3. The van der Waals surface area contributed by atoms with Crippen LogP contribution in [-0.4, -0.2) is 29.5 Å². The number of hydrogen-bond acceptors (Lipinski definition) is 3. The summed E-state index contributed by atoms with van der Waals surface area (Å²) in [4.78, 5) is 21.0. The Bertz CT molecular complexity index is 1070. The molecule has 0 saturated heterocycles. The Morgan fingerprint density at radius 3 is 2.64 bits per heavy atom. The lowest BCUT2D eigenvalue weighted by Gasteiger charge is -2.17. The second-order valence-electron chi connectivity index (χ2n) is 6.97. The van der Waals surface area contributed by atoms with Gasteiger partial charge in [0.15, 0.2) is 0 Å². The molecule has 0 radical (unpaired) electrons. The molecule has 5 nitrogen and oxygen atoms in total. The Kier molecular flexibility index (Phi) is 5.35. The molecule has 1 heterocycles. The van der Waals surface area contributed by atoms with Gasteiger partial charge < -0.3 is 15.6 Å². The number of benzene rings is 3. The lowest BCUT2D eigenvalue weighted by Crippen LogP contribution is -2.30. The van der Waals surface area contributed by atoms with E-state index in [-0.39, 0.29) is 11.9 Å². The zero-order chi connectivity index (χ0) is 19.3. The molecule has 0 aliphatic heterocycles. The summed E-state index contributed by atoms with van der Waals surface area (Å²) in [7, 11) is 1.93. The van der Waals surface area contributed by atoms with Gasteiger partial charge in [-0.1, -0.05) is 42.5 Å². The number of imidazole rings is 1. The van der Waals surface area contributed by atoms with Crippen molar-refractivity contribution in [3.05, 3.63) is 78.1 Å². The van der Waals surface area contributed by atoms with Gasteiger partial charge in [-0.2, -0.15) is 0 Å². The van der Waals surface area contributed by atoms with Gasteiger partial charge in [0, 0.05) is 5.56 Å². The van der Waals surface area contributed by atoms with Gasteiger partial charge in [-0.15, -0.1) is 0 Å². The van der Waals surface area contributed by atoms with Crippen molar-refractivity contribution < 1.29 is 4.79 Å². The van der Waals surface area contributed by atoms with Crippen LogP contribution in [0, 0.1) is 0 Å². The number of carbonyl (C=O) groups excluding carboxylic acids is 1. The van der Waals surface area contributed by atoms with Crippen LogP contribution >= 0.6 is 0 Å². The third-order valence-electron chi connectivity index (χ3n) is 4.97. The molecule has 0 spiro atoms. The molecule has 0 aliphatic carbocycles. The van der Waals surface area contributed by atoms with Crippen molar-refractivity contribution in [3.8, 4) is 0 Å². The minimum absolute atomic E-state index is 0.0827. The second kappa shape index (κ2) is 8.23. The zero-order valence-electron chi connectivity index (χ0n) is 15.9. The SMILES string of the molecule is CNCCCC(NC(=O)c1ccc2ccccc2c1)c1nc2ccccc2[nH]1. The highest BCUT2D eigenvalue weighted by Crippen LogP contribution is 2.21. The number of rotatable bonds is 7. The van der Waals surface area contributed by atoms with Crippen LogP contribution in [0.5, 0.6) is 0 Å². The molecule has 1 unspecified atom stereocenters. The molecule has 1 aromatic heterocycles. The lowest BCUT2D eigenvalue weighted by molar-refractivity contribution is 0.0932. The van der Waals surface area contributed by atoms with Crippen molar-refractivity contribution in [2.75, 3.05) is 13.6 Å². The van der Waals surface area contributed by atoms with E-state index in [0.717, 1.165) is 47.0 Å². The van der Waals surface area contributed by atoms with Crippen molar-refractivity contribution in [1.82, 2.24) is 20.6 Å². The number of hydrogen-bond donors (Lipinski definition) is 3. The number of para-hydroxylation sites is 2. The Balaban J connectivity index is 1.59. The van der Waals surface area contributed by atoms with Crippen molar-refractivity contribution in [3.63, 3.8) is 0 Å². The summed E-state index contributed by atoms with van der Waals surface area (Å²) < 4.78 is 0. The van der Waals surface area contributed by atoms with E-state index < -0.39 is 0 Å². The number of H-pyrrole nitrogens is 1. The molecule has 0 bridgehead atoms. The Hall–Kier alpha value is -3.18. The first-order valence-electron chi connectivity index (χ1n) is 9.63. The van der Waals surface area contributed by atoms with Gasteiger partial charge in [-0.25, -0.2) is 4.98 Å². The van der Waals surface area contributed by atoms with Gasteiger partial charge in [0.1, 0.15) is 5.82 Å². The fraction of sp³-hybridized carbons (Fsp3) is 0.217. The van der Waals surface area contributed by atoms with E-state index in [2.05, 4.69) is 15.6 Å². The molecule has 0 fully saturated rings. The molecule has 1 amide bonds. The summed E-state index contributed by atoms with van der Waals surface area (Å²) in [5.74, 6) is 0.715. The van der Waals surface area contributed by atoms with E-state index in [1.165, 1.54) is 0 Å². The molecule has 3 N–H and O–H groups in total. The maximum atomic E-state index is 13.0. The topological polar surface area (TPSA) is 69.8 Å². The third kappa shape index (κ3) is 3.89. The standard InChI is InChI=1S/C23H24N4O/c1-24-14-6-11-21(22-25-19-9-4-5-10-20(19)26-22)27-23(28)18-13-12-16-7-2-3-8-17(16)15-18/h2-5,7-10,12-13,15,21,24H,6,11,14H2,1H3,(H,25,26)(H,27,28). The molecule has 28 heavy (non-hydrogen) atoms. The molecule has 5 heteroatoms. The van der Waals surface area contributed by atoms with Gasteiger partial charge in [0.2, 0.25) is 0 Å². The summed E-state index contributed by atoms with van der Waals surface area (Å²) in [6, 6.07) is 21.6. The monoisotopic (exact) mass is 372 g/mol. The van der Waals surface area contributed by atoms with Crippen molar-refractivity contribution in [2.24, 2.45) is 0 Å². The zero-order valence-corrected chi connectivity index (χ0v) is 15.9. The highest BCUT2D eigenvalue weighted by molar-refractivity contribution is 5.98. The quantitative estimate of drug-likeness (QED) is 0.426. The van der Waals surface area contributed by atoms with Crippen LogP contribution < -0.4 is 10.6 Å². The van der Waals surface area contributed by atoms with E-state index in [4.69, 9.17) is 4.98 Å². The summed E-state index contributed by atoms with van der Waals surface area (Å²) in [6.45, 7) is 0.891. The van der Waals surface area contributed by atoms with Gasteiger partial charge in [-0.05, 0) is 61.5 Å². The van der Waals surface area contributed by atoms with Crippen molar-refractivity contribution in [1.29, 1.82) is 0 Å². The Morgan fingerprint density at radius 1 is 1.04 bits per heavy atom. The minimum Gasteiger partial charge on any atom is -0.342 e. The lowest BCUT2D eigenvalue weighted by atomic mass is 10.1. The van der Waals surface area contributed by atoms with E-state index in [1.54, 1.807) is 0 Å². The summed E-state index contributed by atoms with van der Waals surface area (Å²) >= 11 is 0. The smallest absolute Gasteiger partial charge is 0.251 e. The third-order valence-corrected chi connectivity index (χ3v) is 4.97. The maximum absolute atomic E-state index is 13.0. The molecular weight excluding hydrogens is 348 g/mol. The van der Waals surface area contributed by atoms with Crippen molar-refractivity contribution >= 4 is 27.7 Å². The van der Waals surface area contributed by atoms with Gasteiger partial charge >= 0.3 is 0 Å². The van der Waals surface area contributed by atoms with E-state index in [0.29, 0.717) is 5.56 Å². The number of aromatic amines is 1. The van der Waals surface area contributed by atoms with Crippen LogP contribution in [0.3, 0.4) is 0 Å². The Morgan fingerprint density at radius 2 is 1.82 bits per heavy atom. The van der Waals surface area contributed by atoms with Gasteiger partial charge in [-0.3, -0.25) is 4.79 Å². The van der Waals surface area contributed by atoms with Crippen LogP contribution in [0.1, 0.15) is 35.1 Å². The van der Waals surface area contributed by atoms with Gasteiger partial charge in [0.25, 0.3) is 5.91 Å². The number of carbonyl (C=O) groups is 1. The van der Waals surface area contributed by atoms with Crippen LogP contribution in [0.25, 0.3) is 21.8 Å². The largest absolute Gasteiger partial charge is 0.342 e. The average molecular weight is 372 g/mol. The van der Waals surface area contributed by atoms with E-state index >= 15 is 0 Å². The molecule has 4 rings (SSSR count). The predicted octanol–water partition coefficient (Wildman–Crippen LogP) is 4.19. The summed E-state index contributed by atoms with van der Waals surface area (Å²) in [6.07, 6.45) is 1.75. The molecule has 4 aromatic rings. The fourth-order valence-electron chi connectivity index (χ4n) is 3.47. The predicted molar refractivity (Wildman–Crippen MR) is 113 cm³/mol. The summed E-state index contributed by atoms with van der Waals surface area (Å²) in [5, 5.41) is 8.52. The van der Waals surface area contributed by atoms with E-state index in [1.807, 2.05) is 73.8 Å². The van der Waals surface area contributed by atoms with Gasteiger partial charge in [0.05, 0.1) is 17.1 Å². The Labute approximate surface area is 164 Å². The van der Waals surface area contributed by atoms with Crippen LogP contribution in [0.4, 0.5) is 0 Å². The minimum atomic E-state index is -0.167. The second-order valence-corrected chi connectivity index (χ2v) is 6.97. The first-order chi connectivity index (χ1) is 13.7. The average Bonchev–Trinajstić information content (AvgIpc) is 3.17. The van der Waals surface area contributed by atoms with E-state index in [9.17, 15) is 4.79 Å². The molecule has 1 atom stereocenters. The fourth-order valence-corrected chi connectivity index (χ4v) is 3.47. The van der Waals surface area contributed by atoms with Crippen LogP contribution in [0.2, 0.25) is 0 Å². The first-order valence-corrected chi connectivity index (χ1v) is 9.63. The van der Waals surface area contributed by atoms with Crippen molar-refractivity contribution in [2.45, 2.75) is 18.9 Å². The highest BCUT2D eigenvalue weighted by Gasteiger charge is 2.19. The number of nitrogens with zero attached hydrogens (tertiary/aromatic N) is 1. The highest BCUT2D eigenvalue weighted by atomic mass is 16.1. The number of fused-ring (bicyclic) bond motifs is 2. The molecule has 3 aromatic carbocycles. The molecule has 142 valence electrons. The normalized spacial score (nSPS) is 12.3. The number of aromatic nitrogens is 2. The number of amides is 1. The van der Waals surface area contributed by atoms with Crippen LogP contribution in [-0.2, 0) is 0 Å². The maximum Gasteiger partial charge on any atom is 0.251 e. The summed E-state index contributed by atoms with van der Waals surface area (Å²) in [5.41, 5.74) is 2.56. The molecule has 0 saturated carbocycles.